The van der Waals surface area contributed by atoms with Crippen molar-refractivity contribution in [1.82, 2.24) is 19.6 Å². The van der Waals surface area contributed by atoms with Crippen LogP contribution in [0.2, 0.25) is 0 Å². The zero-order valence-electron chi connectivity index (χ0n) is 17.7. The first kappa shape index (κ1) is 20.6. The molecule has 0 bridgehead atoms. The predicted molar refractivity (Wildman–Crippen MR) is 112 cm³/mol. The van der Waals surface area contributed by atoms with Crippen molar-refractivity contribution in [2.45, 2.75) is 44.2 Å². The predicted octanol–water partition coefficient (Wildman–Crippen LogP) is 1.93. The van der Waals surface area contributed by atoms with Gasteiger partial charge in [-0.05, 0) is 37.3 Å². The molecule has 1 spiro atoms. The van der Waals surface area contributed by atoms with Crippen molar-refractivity contribution in [1.29, 1.82) is 0 Å². The van der Waals surface area contributed by atoms with Gasteiger partial charge in [0, 0.05) is 45.5 Å². The van der Waals surface area contributed by atoms with Gasteiger partial charge in [0.05, 0.1) is 17.6 Å². The van der Waals surface area contributed by atoms with Crippen LogP contribution in [0.1, 0.15) is 43.0 Å². The lowest BCUT2D eigenvalue weighted by Gasteiger charge is -2.50. The van der Waals surface area contributed by atoms with Crippen molar-refractivity contribution in [3.8, 4) is 0 Å². The Labute approximate surface area is 177 Å². The van der Waals surface area contributed by atoms with Gasteiger partial charge in [0.15, 0.2) is 0 Å². The molecule has 2 fully saturated rings. The second-order valence-corrected chi connectivity index (χ2v) is 8.65. The number of aryl methyl sites for hydroxylation is 2. The van der Waals surface area contributed by atoms with E-state index in [1.807, 2.05) is 48.3 Å². The Kier molecular flexibility index (Phi) is 5.64. The molecular formula is C23H30N4O3. The Balaban J connectivity index is 1.38. The maximum Gasteiger partial charge on any atom is 0.229 e. The van der Waals surface area contributed by atoms with Crippen LogP contribution in [0.15, 0.2) is 42.6 Å². The molecule has 2 amide bonds. The zero-order chi connectivity index (χ0) is 21.3. The van der Waals surface area contributed by atoms with Crippen molar-refractivity contribution in [2.75, 3.05) is 20.1 Å². The van der Waals surface area contributed by atoms with E-state index in [4.69, 9.17) is 0 Å². The lowest BCUT2D eigenvalue weighted by molar-refractivity contribution is -0.163. The lowest BCUT2D eigenvalue weighted by atomic mass is 9.68. The maximum atomic E-state index is 13.3. The molecule has 0 radical (unpaired) electrons. The van der Waals surface area contributed by atoms with Gasteiger partial charge in [0.2, 0.25) is 11.8 Å². The number of hydrogen-bond acceptors (Lipinski definition) is 4. The highest BCUT2D eigenvalue weighted by molar-refractivity contribution is 5.85. The molecule has 2 aliphatic rings. The third-order valence-corrected chi connectivity index (χ3v) is 6.89. The molecule has 3 heterocycles. The Hall–Kier alpha value is -2.67. The smallest absolute Gasteiger partial charge is 0.229 e. The SMILES string of the molecule is CN1C(=O)C2(CCN(C(=O)CCc3ccnn3C)CC2)C[C@@H](O)[C@@H]1c1ccccc1. The molecule has 1 aromatic carbocycles. The van der Waals surface area contributed by atoms with Crippen LogP contribution in [0.3, 0.4) is 0 Å². The summed E-state index contributed by atoms with van der Waals surface area (Å²) in [4.78, 5) is 29.6. The quantitative estimate of drug-likeness (QED) is 0.835. The van der Waals surface area contributed by atoms with E-state index in [2.05, 4.69) is 5.10 Å². The van der Waals surface area contributed by atoms with Crippen LogP contribution >= 0.6 is 0 Å². The van der Waals surface area contributed by atoms with Crippen molar-refractivity contribution in [3.63, 3.8) is 0 Å². The average Bonchev–Trinajstić information content (AvgIpc) is 3.16. The number of rotatable bonds is 4. The summed E-state index contributed by atoms with van der Waals surface area (Å²) >= 11 is 0. The molecule has 160 valence electrons. The number of benzene rings is 1. The number of aliphatic hydroxyl groups is 1. The van der Waals surface area contributed by atoms with Gasteiger partial charge in [0.1, 0.15) is 0 Å². The number of aliphatic hydroxyl groups excluding tert-OH is 1. The number of hydrogen-bond donors (Lipinski definition) is 1. The van der Waals surface area contributed by atoms with Crippen LogP contribution < -0.4 is 0 Å². The summed E-state index contributed by atoms with van der Waals surface area (Å²) in [6.07, 6.45) is 3.89. The van der Waals surface area contributed by atoms with E-state index in [0.717, 1.165) is 11.3 Å². The number of likely N-dealkylation sites (tertiary alicyclic amines) is 2. The Morgan fingerprint density at radius 1 is 1.17 bits per heavy atom. The molecule has 7 nitrogen and oxygen atoms in total. The number of nitrogens with zero attached hydrogens (tertiary/aromatic N) is 4. The normalized spacial score (nSPS) is 23.8. The molecule has 30 heavy (non-hydrogen) atoms. The molecule has 2 atom stereocenters. The number of carbonyl (C=O) groups is 2. The summed E-state index contributed by atoms with van der Waals surface area (Å²) in [5, 5.41) is 15.1. The fraction of sp³-hybridized carbons (Fsp3) is 0.522. The first-order chi connectivity index (χ1) is 14.4. The van der Waals surface area contributed by atoms with E-state index < -0.39 is 11.5 Å². The summed E-state index contributed by atoms with van der Waals surface area (Å²) in [7, 11) is 3.67. The topological polar surface area (TPSA) is 78.7 Å². The summed E-state index contributed by atoms with van der Waals surface area (Å²) in [6.45, 7) is 1.12. The zero-order valence-corrected chi connectivity index (χ0v) is 17.7. The van der Waals surface area contributed by atoms with E-state index in [9.17, 15) is 14.7 Å². The fourth-order valence-corrected chi connectivity index (χ4v) is 5.10. The number of carbonyl (C=O) groups excluding carboxylic acids is 2. The first-order valence-electron chi connectivity index (χ1n) is 10.7. The van der Waals surface area contributed by atoms with E-state index in [-0.39, 0.29) is 17.9 Å². The van der Waals surface area contributed by atoms with Crippen LogP contribution in [0.4, 0.5) is 0 Å². The second kappa shape index (κ2) is 8.22. The molecule has 1 aromatic heterocycles. The Bertz CT molecular complexity index is 902. The summed E-state index contributed by atoms with van der Waals surface area (Å²) < 4.78 is 1.79. The van der Waals surface area contributed by atoms with Gasteiger partial charge in [0.25, 0.3) is 0 Å². The molecule has 2 aromatic rings. The van der Waals surface area contributed by atoms with Crippen LogP contribution in [-0.2, 0) is 23.1 Å². The number of piperidine rings is 2. The Morgan fingerprint density at radius 3 is 2.50 bits per heavy atom. The van der Waals surface area contributed by atoms with Crippen LogP contribution in [0.5, 0.6) is 0 Å². The number of aromatic nitrogens is 2. The Morgan fingerprint density at radius 2 is 1.87 bits per heavy atom. The fourth-order valence-electron chi connectivity index (χ4n) is 5.10. The average molecular weight is 411 g/mol. The van der Waals surface area contributed by atoms with Gasteiger partial charge in [-0.25, -0.2) is 0 Å². The molecular weight excluding hydrogens is 380 g/mol. The molecule has 4 rings (SSSR count). The van der Waals surface area contributed by atoms with Crippen molar-refractivity contribution in [2.24, 2.45) is 12.5 Å². The highest BCUT2D eigenvalue weighted by Gasteiger charge is 2.51. The third-order valence-electron chi connectivity index (χ3n) is 6.89. The van der Waals surface area contributed by atoms with Crippen molar-refractivity contribution < 1.29 is 14.7 Å². The molecule has 7 heteroatoms. The molecule has 1 N–H and O–H groups in total. The van der Waals surface area contributed by atoms with E-state index in [1.54, 1.807) is 22.8 Å². The van der Waals surface area contributed by atoms with Gasteiger partial charge in [-0.1, -0.05) is 30.3 Å². The van der Waals surface area contributed by atoms with Crippen molar-refractivity contribution in [3.05, 3.63) is 53.9 Å². The van der Waals surface area contributed by atoms with E-state index >= 15 is 0 Å². The lowest BCUT2D eigenvalue weighted by Crippen LogP contribution is -2.57. The summed E-state index contributed by atoms with van der Waals surface area (Å²) in [5.74, 6) is 0.203. The monoisotopic (exact) mass is 410 g/mol. The minimum absolute atomic E-state index is 0.0867. The summed E-state index contributed by atoms with van der Waals surface area (Å²) in [6, 6.07) is 11.3. The minimum Gasteiger partial charge on any atom is -0.391 e. The van der Waals surface area contributed by atoms with Crippen LogP contribution in [-0.4, -0.2) is 62.7 Å². The van der Waals surface area contributed by atoms with Gasteiger partial charge in [-0.2, -0.15) is 5.10 Å². The van der Waals surface area contributed by atoms with E-state index in [1.165, 1.54) is 0 Å². The third kappa shape index (κ3) is 3.74. The largest absolute Gasteiger partial charge is 0.391 e. The first-order valence-corrected chi connectivity index (χ1v) is 10.7. The number of amides is 2. The molecule has 2 aliphatic heterocycles. The highest BCUT2D eigenvalue weighted by Crippen LogP contribution is 2.46. The second-order valence-electron chi connectivity index (χ2n) is 8.65. The molecule has 0 unspecified atom stereocenters. The van der Waals surface area contributed by atoms with Gasteiger partial charge >= 0.3 is 0 Å². The standard InChI is InChI=1S/C23H30N4O3/c1-25-21(17-6-4-3-5-7-17)19(28)16-23(22(25)30)11-14-27(15-12-23)20(29)9-8-18-10-13-24-26(18)2/h3-7,10,13,19,21,28H,8-9,11-12,14-16H2,1-2H3/t19-,21+/m1/s1. The van der Waals surface area contributed by atoms with Crippen LogP contribution in [0, 0.1) is 5.41 Å². The van der Waals surface area contributed by atoms with E-state index in [0.29, 0.717) is 45.2 Å². The number of likely N-dealkylation sites (N-methyl/N-ethyl adjacent to an activating group) is 1. The molecule has 0 saturated carbocycles. The van der Waals surface area contributed by atoms with Crippen LogP contribution in [0.25, 0.3) is 0 Å². The summed E-state index contributed by atoms with van der Waals surface area (Å²) in [5.41, 5.74) is 1.42. The van der Waals surface area contributed by atoms with Gasteiger partial charge < -0.3 is 14.9 Å². The maximum absolute atomic E-state index is 13.3. The molecule has 0 aliphatic carbocycles. The highest BCUT2D eigenvalue weighted by atomic mass is 16.3. The van der Waals surface area contributed by atoms with Gasteiger partial charge in [-0.15, -0.1) is 0 Å². The minimum atomic E-state index is -0.609. The van der Waals surface area contributed by atoms with Crippen molar-refractivity contribution >= 4 is 11.8 Å². The van der Waals surface area contributed by atoms with Gasteiger partial charge in [-0.3, -0.25) is 14.3 Å². The molecule has 2 saturated heterocycles.